The van der Waals surface area contributed by atoms with E-state index in [9.17, 15) is 24.0 Å². The Hall–Kier alpha value is -5.60. The number of carboxylic acid groups (broad SMARTS) is 1. The van der Waals surface area contributed by atoms with Crippen LogP contribution in [0.25, 0.3) is 22.3 Å². The second-order valence-electron chi connectivity index (χ2n) is 23.3. The van der Waals surface area contributed by atoms with Crippen LogP contribution in [0.15, 0.2) is 48.5 Å². The van der Waals surface area contributed by atoms with Gasteiger partial charge in [0.2, 0.25) is 17.7 Å². The number of hydrogen-bond acceptors (Lipinski definition) is 9. The van der Waals surface area contributed by atoms with Crippen LogP contribution in [0.5, 0.6) is 0 Å². The molecule has 2 saturated heterocycles. The van der Waals surface area contributed by atoms with Crippen molar-refractivity contribution >= 4 is 47.9 Å². The number of aldehydes is 1. The van der Waals surface area contributed by atoms with Gasteiger partial charge in [-0.3, -0.25) is 24.1 Å². The summed E-state index contributed by atoms with van der Waals surface area (Å²) < 4.78 is 4.32. The Bertz CT molecular complexity index is 2520. The average molecular weight is 975 g/mol. The zero-order valence-corrected chi connectivity index (χ0v) is 43.9. The van der Waals surface area contributed by atoms with Crippen LogP contribution in [0.1, 0.15) is 129 Å². The maximum atomic E-state index is 14.2. The Kier molecular flexibility index (Phi) is 15.6. The number of nitrogens with one attached hydrogen (secondary N) is 4. The Balaban J connectivity index is 0.000000466. The summed E-state index contributed by atoms with van der Waals surface area (Å²) in [6.07, 6.45) is 10.6. The largest absolute Gasteiger partial charge is 0.483 e. The van der Waals surface area contributed by atoms with Crippen LogP contribution in [-0.2, 0) is 52.4 Å². The fourth-order valence-corrected chi connectivity index (χ4v) is 12.2. The highest BCUT2D eigenvalue weighted by Crippen LogP contribution is 2.58. The van der Waals surface area contributed by atoms with Gasteiger partial charge >= 0.3 is 6.09 Å². The molecule has 384 valence electrons. The van der Waals surface area contributed by atoms with Crippen LogP contribution < -0.4 is 21.3 Å². The third kappa shape index (κ3) is 11.1. The van der Waals surface area contributed by atoms with E-state index >= 15 is 0 Å². The van der Waals surface area contributed by atoms with E-state index in [0.29, 0.717) is 18.2 Å². The number of benzene rings is 3. The molecule has 2 spiro atoms. The summed E-state index contributed by atoms with van der Waals surface area (Å²) in [6.45, 7) is 18.8. The predicted octanol–water partition coefficient (Wildman–Crippen LogP) is 8.72. The molecule has 4 unspecified atom stereocenters. The lowest BCUT2D eigenvalue weighted by Crippen LogP contribution is -2.52. The molecule has 71 heavy (non-hydrogen) atoms. The van der Waals surface area contributed by atoms with Crippen molar-refractivity contribution in [3.63, 3.8) is 0 Å². The van der Waals surface area contributed by atoms with Crippen molar-refractivity contribution < 1.29 is 38.6 Å². The molecule has 6 aliphatic rings. The number of methoxy groups -OCH3 is 1. The highest BCUT2D eigenvalue weighted by atomic mass is 16.5. The molecular formula is C57H78N6O8. The van der Waals surface area contributed by atoms with Gasteiger partial charge in [-0.25, -0.2) is 4.79 Å². The number of amides is 4. The molecule has 2 saturated carbocycles. The van der Waals surface area contributed by atoms with Crippen molar-refractivity contribution in [2.24, 2.45) is 22.7 Å². The first-order valence-corrected chi connectivity index (χ1v) is 25.7. The molecule has 0 radical (unpaired) electrons. The minimum atomic E-state index is -0.573. The monoisotopic (exact) mass is 975 g/mol. The average Bonchev–Trinajstić information content (AvgIpc) is 4.09. The SMILES string of the molecule is CNC(C(=O)N1CC2(CC2)CC1C(=O)Nc1cccc(-c2c3c(c(-c4cccc(NC(=O)C5CC6(CC6)CN5C)c4)c4c2C(C)(C)CC4)C(C)(C)CC3)c1)C(C)C.COC(=O)NC(C=O)C(C)C.O=CO. The van der Waals surface area contributed by atoms with E-state index in [1.165, 1.54) is 58.9 Å². The molecule has 4 atom stereocenters. The van der Waals surface area contributed by atoms with Crippen LogP contribution in [0.4, 0.5) is 16.2 Å². The van der Waals surface area contributed by atoms with Gasteiger partial charge in [0, 0.05) is 24.5 Å². The Labute approximate surface area is 420 Å². The molecule has 0 bridgehead atoms. The van der Waals surface area contributed by atoms with Gasteiger partial charge in [-0.2, -0.15) is 0 Å². The van der Waals surface area contributed by atoms with Gasteiger partial charge in [0.1, 0.15) is 12.3 Å². The Morgan fingerprint density at radius 2 is 1.18 bits per heavy atom. The second kappa shape index (κ2) is 20.9. The van der Waals surface area contributed by atoms with Gasteiger partial charge in [0.05, 0.1) is 25.2 Å². The summed E-state index contributed by atoms with van der Waals surface area (Å²) in [5.41, 5.74) is 12.7. The lowest BCUT2D eigenvalue weighted by molar-refractivity contribution is -0.139. The lowest BCUT2D eigenvalue weighted by atomic mass is 9.73. The van der Waals surface area contributed by atoms with Crippen LogP contribution >= 0.6 is 0 Å². The summed E-state index contributed by atoms with van der Waals surface area (Å²) >= 11 is 0. The van der Waals surface area contributed by atoms with E-state index in [0.717, 1.165) is 74.8 Å². The molecule has 14 heteroatoms. The minimum Gasteiger partial charge on any atom is -0.483 e. The zero-order valence-electron chi connectivity index (χ0n) is 43.9. The number of rotatable bonds is 12. The molecule has 9 rings (SSSR count). The molecule has 4 aliphatic carbocycles. The molecule has 3 aromatic carbocycles. The summed E-state index contributed by atoms with van der Waals surface area (Å²) in [6, 6.07) is 15.8. The summed E-state index contributed by atoms with van der Waals surface area (Å²) in [5, 5.41) is 19.1. The predicted molar refractivity (Wildman–Crippen MR) is 278 cm³/mol. The number of carbonyl (C=O) groups is 6. The van der Waals surface area contributed by atoms with Crippen LogP contribution in [-0.4, -0.2) is 110 Å². The summed E-state index contributed by atoms with van der Waals surface area (Å²) in [7, 11) is 5.19. The molecule has 14 nitrogen and oxygen atoms in total. The first-order chi connectivity index (χ1) is 33.6. The first-order valence-electron chi connectivity index (χ1n) is 25.7. The third-order valence-electron chi connectivity index (χ3n) is 16.5. The molecule has 2 aliphatic heterocycles. The minimum absolute atomic E-state index is 0.0297. The van der Waals surface area contributed by atoms with Crippen molar-refractivity contribution in [2.45, 2.75) is 155 Å². The van der Waals surface area contributed by atoms with Gasteiger partial charge in [0.25, 0.3) is 6.47 Å². The van der Waals surface area contributed by atoms with Crippen molar-refractivity contribution in [2.75, 3.05) is 44.9 Å². The number of alkyl carbamates (subject to hydrolysis) is 1. The number of anilines is 2. The molecular weight excluding hydrogens is 897 g/mol. The lowest BCUT2D eigenvalue weighted by Gasteiger charge is -2.31. The van der Waals surface area contributed by atoms with Crippen molar-refractivity contribution in [3.05, 3.63) is 70.8 Å². The first kappa shape index (κ1) is 53.2. The number of hydrogen-bond donors (Lipinski definition) is 5. The van der Waals surface area contributed by atoms with Gasteiger partial charge in [-0.05, 0) is 181 Å². The van der Waals surface area contributed by atoms with E-state index < -0.39 is 18.2 Å². The summed E-state index contributed by atoms with van der Waals surface area (Å²) in [4.78, 5) is 75.1. The van der Waals surface area contributed by atoms with Crippen molar-refractivity contribution in [3.8, 4) is 22.3 Å². The van der Waals surface area contributed by atoms with E-state index in [4.69, 9.17) is 9.90 Å². The van der Waals surface area contributed by atoms with Gasteiger partial charge in [0.15, 0.2) is 0 Å². The molecule has 0 aromatic heterocycles. The molecule has 4 amide bonds. The van der Waals surface area contributed by atoms with E-state index in [-0.39, 0.29) is 64.4 Å². The summed E-state index contributed by atoms with van der Waals surface area (Å²) in [5.74, 6) is 0.267. The number of likely N-dealkylation sites (N-methyl/N-ethyl adjacent to an activating group) is 2. The fourth-order valence-electron chi connectivity index (χ4n) is 12.2. The van der Waals surface area contributed by atoms with Crippen molar-refractivity contribution in [1.29, 1.82) is 0 Å². The van der Waals surface area contributed by atoms with E-state index in [1.807, 2.05) is 37.9 Å². The Morgan fingerprint density at radius 1 is 0.718 bits per heavy atom. The fraction of sp³-hybridized carbons (Fsp3) is 0.579. The third-order valence-corrected chi connectivity index (χ3v) is 16.5. The Morgan fingerprint density at radius 3 is 1.59 bits per heavy atom. The second-order valence-corrected chi connectivity index (χ2v) is 23.3. The molecule has 4 fully saturated rings. The van der Waals surface area contributed by atoms with Gasteiger partial charge in [-0.1, -0.05) is 79.7 Å². The van der Waals surface area contributed by atoms with Crippen LogP contribution in [0, 0.1) is 22.7 Å². The number of likely N-dealkylation sites (tertiary alicyclic amines) is 2. The maximum absolute atomic E-state index is 14.2. The standard InChI is InChI=1S/C49H63N5O3.C7H13NO3.CH2O2/c1-29(2)42(50-7)45(57)54-28-49(21-22-49)26-37(54)44(56)52-33-14-10-12-31(24-33)39-35-16-18-46(3,4)40(35)38(34-15-17-47(5,6)41(34)39)30-11-9-13-32(23-30)51-43(55)36-25-48(19-20-48)27-53(36)8;1-5(2)6(4-9)8-7(10)11-3;2-1-3/h9-14,23-24,29,36-37,42,50H,15-22,25-28H2,1-8H3,(H,51,55)(H,52,56);4-6H,1-3H3,(H,8,10);1H,(H,2,3). The maximum Gasteiger partial charge on any atom is 0.407 e. The van der Waals surface area contributed by atoms with Crippen LogP contribution in [0.2, 0.25) is 0 Å². The number of fused-ring (bicyclic) bond motifs is 2. The topological polar surface area (TPSA) is 186 Å². The molecule has 2 heterocycles. The smallest absolute Gasteiger partial charge is 0.407 e. The van der Waals surface area contributed by atoms with Gasteiger partial charge in [-0.15, -0.1) is 0 Å². The zero-order chi connectivity index (χ0) is 51.8. The van der Waals surface area contributed by atoms with E-state index in [1.54, 1.807) is 0 Å². The van der Waals surface area contributed by atoms with Gasteiger partial charge < -0.3 is 40.8 Å². The quantitative estimate of drug-likeness (QED) is 0.110. The number of ether oxygens (including phenoxy) is 1. The highest BCUT2D eigenvalue weighted by Gasteiger charge is 2.56. The number of nitrogens with zero attached hydrogens (tertiary/aromatic N) is 2. The van der Waals surface area contributed by atoms with Crippen molar-refractivity contribution in [1.82, 2.24) is 20.4 Å². The van der Waals surface area contributed by atoms with Crippen LogP contribution in [0.3, 0.4) is 0 Å². The normalized spacial score (nSPS) is 22.0. The van der Waals surface area contributed by atoms with E-state index in [2.05, 4.69) is 116 Å². The number of carbonyl (C=O) groups excluding carboxylic acids is 5. The highest BCUT2D eigenvalue weighted by molar-refractivity contribution is 6.00. The molecule has 3 aromatic rings. The molecule has 5 N–H and O–H groups in total.